The van der Waals surface area contributed by atoms with E-state index in [-0.39, 0.29) is 24.4 Å². The number of esters is 1. The zero-order chi connectivity index (χ0) is 19.6. The van der Waals surface area contributed by atoms with Gasteiger partial charge in [-0.2, -0.15) is 0 Å². The predicted molar refractivity (Wildman–Crippen MR) is 107 cm³/mol. The van der Waals surface area contributed by atoms with Gasteiger partial charge in [-0.05, 0) is 32.4 Å². The van der Waals surface area contributed by atoms with Crippen LogP contribution >= 0.6 is 11.3 Å². The van der Waals surface area contributed by atoms with Crippen LogP contribution in [0.5, 0.6) is 5.75 Å². The van der Waals surface area contributed by atoms with Gasteiger partial charge in [0.25, 0.3) is 0 Å². The Kier molecular flexibility index (Phi) is 8.00. The number of thiazole rings is 1. The minimum atomic E-state index is -0.335. The minimum Gasteiger partial charge on any atom is -0.490 e. The van der Waals surface area contributed by atoms with Gasteiger partial charge >= 0.3 is 5.97 Å². The van der Waals surface area contributed by atoms with Gasteiger partial charge < -0.3 is 9.47 Å². The first kappa shape index (κ1) is 20.6. The topological polar surface area (TPSA) is 77.5 Å². The van der Waals surface area contributed by atoms with E-state index in [4.69, 9.17) is 9.47 Å². The number of nitrogens with zero attached hydrogens (tertiary/aromatic N) is 1. The molecule has 1 aromatic heterocycles. The lowest BCUT2D eigenvalue weighted by Gasteiger charge is -2.14. The molecule has 1 amide bonds. The Balaban J connectivity index is 1.96. The van der Waals surface area contributed by atoms with E-state index in [9.17, 15) is 9.59 Å². The lowest BCUT2D eigenvalue weighted by molar-refractivity contribution is -0.142. The van der Waals surface area contributed by atoms with Gasteiger partial charge in [-0.25, -0.2) is 4.98 Å². The van der Waals surface area contributed by atoms with Crippen molar-refractivity contribution in [1.29, 1.82) is 0 Å². The first-order chi connectivity index (χ1) is 13.0. The van der Waals surface area contributed by atoms with Crippen molar-refractivity contribution in [2.45, 2.75) is 39.7 Å². The quantitative estimate of drug-likeness (QED) is 0.517. The van der Waals surface area contributed by atoms with Crippen LogP contribution < -0.4 is 10.1 Å². The van der Waals surface area contributed by atoms with Crippen molar-refractivity contribution in [3.8, 4) is 5.75 Å². The second kappa shape index (κ2) is 10.5. The third-order valence-corrected chi connectivity index (χ3v) is 4.46. The molecule has 1 N–H and O–H groups in total. The zero-order valence-corrected chi connectivity index (χ0v) is 16.5. The van der Waals surface area contributed by atoms with Crippen molar-refractivity contribution < 1.29 is 19.1 Å². The van der Waals surface area contributed by atoms with Gasteiger partial charge in [-0.15, -0.1) is 11.3 Å². The number of rotatable bonds is 9. The molecule has 0 saturated heterocycles. The van der Waals surface area contributed by atoms with Crippen molar-refractivity contribution in [2.75, 3.05) is 11.9 Å². The number of hydrogen-bond acceptors (Lipinski definition) is 6. The summed E-state index contributed by atoms with van der Waals surface area (Å²) in [5, 5.41) is 4.86. The molecule has 2 rings (SSSR count). The van der Waals surface area contributed by atoms with Crippen LogP contribution in [0.1, 0.15) is 38.4 Å². The summed E-state index contributed by atoms with van der Waals surface area (Å²) in [7, 11) is 0. The fraction of sp³-hybridized carbons (Fsp3) is 0.350. The number of benzene rings is 1. The molecule has 0 aliphatic heterocycles. The molecule has 0 spiro atoms. The number of para-hydroxylation sites is 1. The Morgan fingerprint density at radius 2 is 2.07 bits per heavy atom. The molecule has 0 bridgehead atoms. The molecule has 27 heavy (non-hydrogen) atoms. The van der Waals surface area contributed by atoms with E-state index >= 15 is 0 Å². The number of nitrogens with one attached hydrogen (secondary N) is 1. The first-order valence-corrected chi connectivity index (χ1v) is 9.74. The third-order valence-electron chi connectivity index (χ3n) is 3.65. The van der Waals surface area contributed by atoms with Crippen molar-refractivity contribution in [3.05, 3.63) is 47.0 Å². The largest absolute Gasteiger partial charge is 0.490 e. The average molecular weight is 388 g/mol. The van der Waals surface area contributed by atoms with Crippen LogP contribution in [-0.4, -0.2) is 29.6 Å². The molecule has 0 saturated carbocycles. The summed E-state index contributed by atoms with van der Waals surface area (Å²) < 4.78 is 10.8. The highest BCUT2D eigenvalue weighted by molar-refractivity contribution is 7.14. The van der Waals surface area contributed by atoms with Crippen molar-refractivity contribution >= 4 is 34.4 Å². The standard InChI is InChI=1S/C20H24N2O4S/c1-4-14(3)26-17-9-7-6-8-15(17)10-11-18(23)22-20-21-16(13-27-20)12-19(24)25-5-2/h6-11,13-14H,4-5,12H2,1-3H3,(H,21,22,23)/b11-10+. The van der Waals surface area contributed by atoms with Gasteiger partial charge in [-0.1, -0.05) is 25.1 Å². The Bertz CT molecular complexity index is 801. The zero-order valence-electron chi connectivity index (χ0n) is 15.7. The summed E-state index contributed by atoms with van der Waals surface area (Å²) in [4.78, 5) is 27.8. The Labute approximate surface area is 163 Å². The third kappa shape index (κ3) is 6.86. The Morgan fingerprint density at radius 1 is 1.30 bits per heavy atom. The van der Waals surface area contributed by atoms with Crippen LogP contribution in [0.4, 0.5) is 5.13 Å². The van der Waals surface area contributed by atoms with E-state index in [0.717, 1.165) is 17.7 Å². The fourth-order valence-corrected chi connectivity index (χ4v) is 2.86. The van der Waals surface area contributed by atoms with Gasteiger partial charge in [0, 0.05) is 17.0 Å². The maximum Gasteiger partial charge on any atom is 0.311 e. The van der Waals surface area contributed by atoms with Gasteiger partial charge in [-0.3, -0.25) is 14.9 Å². The van der Waals surface area contributed by atoms with Gasteiger partial charge in [0.15, 0.2) is 5.13 Å². The average Bonchev–Trinajstić information content (AvgIpc) is 3.07. The molecule has 0 aliphatic rings. The Morgan fingerprint density at radius 3 is 2.81 bits per heavy atom. The van der Waals surface area contributed by atoms with E-state index in [2.05, 4.69) is 17.2 Å². The maximum absolute atomic E-state index is 12.1. The highest BCUT2D eigenvalue weighted by Gasteiger charge is 2.10. The van der Waals surface area contributed by atoms with Crippen LogP contribution in [0, 0.1) is 0 Å². The van der Waals surface area contributed by atoms with Crippen LogP contribution in [0.2, 0.25) is 0 Å². The second-order valence-electron chi connectivity index (χ2n) is 5.82. The van der Waals surface area contributed by atoms with E-state index in [1.165, 1.54) is 17.4 Å². The monoisotopic (exact) mass is 388 g/mol. The van der Waals surface area contributed by atoms with Crippen LogP contribution in [0.25, 0.3) is 6.08 Å². The molecule has 7 heteroatoms. The van der Waals surface area contributed by atoms with Crippen LogP contribution in [0.3, 0.4) is 0 Å². The highest BCUT2D eigenvalue weighted by atomic mass is 32.1. The summed E-state index contributed by atoms with van der Waals surface area (Å²) >= 11 is 1.26. The molecule has 1 atom stereocenters. The van der Waals surface area contributed by atoms with Crippen LogP contribution in [-0.2, 0) is 20.7 Å². The normalized spacial score (nSPS) is 12.0. The van der Waals surface area contributed by atoms with E-state index in [1.807, 2.05) is 31.2 Å². The second-order valence-corrected chi connectivity index (χ2v) is 6.68. The van der Waals surface area contributed by atoms with Crippen LogP contribution in [0.15, 0.2) is 35.7 Å². The van der Waals surface area contributed by atoms with Gasteiger partial charge in [0.05, 0.1) is 24.8 Å². The lowest BCUT2D eigenvalue weighted by Crippen LogP contribution is -2.11. The molecule has 1 aromatic carbocycles. The SMILES string of the molecule is CCOC(=O)Cc1csc(NC(=O)/C=C/c2ccccc2OC(C)CC)n1. The molecular weight excluding hydrogens is 364 g/mol. The molecule has 0 fully saturated rings. The summed E-state index contributed by atoms with van der Waals surface area (Å²) in [6, 6.07) is 7.56. The molecule has 1 heterocycles. The molecular formula is C20H24N2O4S. The molecule has 144 valence electrons. The maximum atomic E-state index is 12.1. The minimum absolute atomic E-state index is 0.0936. The first-order valence-electron chi connectivity index (χ1n) is 8.86. The molecule has 6 nitrogen and oxygen atoms in total. The summed E-state index contributed by atoms with van der Waals surface area (Å²) in [6.07, 6.45) is 4.24. The number of amides is 1. The predicted octanol–water partition coefficient (Wildman–Crippen LogP) is 4.08. The lowest BCUT2D eigenvalue weighted by atomic mass is 10.2. The van der Waals surface area contributed by atoms with Gasteiger partial charge in [0.2, 0.25) is 5.91 Å². The number of carbonyl (C=O) groups is 2. The Hall–Kier alpha value is -2.67. The van der Waals surface area contributed by atoms with E-state index in [0.29, 0.717) is 17.4 Å². The summed E-state index contributed by atoms with van der Waals surface area (Å²) in [5.74, 6) is 0.103. The van der Waals surface area contributed by atoms with E-state index in [1.54, 1.807) is 18.4 Å². The molecule has 0 aliphatic carbocycles. The fourth-order valence-electron chi connectivity index (χ4n) is 2.14. The highest BCUT2D eigenvalue weighted by Crippen LogP contribution is 2.22. The molecule has 1 unspecified atom stereocenters. The molecule has 2 aromatic rings. The number of carbonyl (C=O) groups excluding carboxylic acids is 2. The number of anilines is 1. The number of ether oxygens (including phenoxy) is 2. The molecule has 0 radical (unpaired) electrons. The summed E-state index contributed by atoms with van der Waals surface area (Å²) in [5.41, 5.74) is 1.40. The number of aromatic nitrogens is 1. The number of hydrogen-bond donors (Lipinski definition) is 1. The van der Waals surface area contributed by atoms with Crippen molar-refractivity contribution in [1.82, 2.24) is 4.98 Å². The van der Waals surface area contributed by atoms with Crippen molar-refractivity contribution in [2.24, 2.45) is 0 Å². The van der Waals surface area contributed by atoms with Gasteiger partial charge in [0.1, 0.15) is 5.75 Å². The smallest absolute Gasteiger partial charge is 0.311 e. The van der Waals surface area contributed by atoms with E-state index < -0.39 is 0 Å². The summed E-state index contributed by atoms with van der Waals surface area (Å²) in [6.45, 7) is 6.15. The van der Waals surface area contributed by atoms with Crippen molar-refractivity contribution in [3.63, 3.8) is 0 Å².